The second kappa shape index (κ2) is 4.12. The van der Waals surface area contributed by atoms with Gasteiger partial charge in [0, 0.05) is 40.6 Å². The number of rotatable bonds is 4. The molecule has 2 aliphatic carbocycles. The highest BCUT2D eigenvalue weighted by Crippen LogP contribution is 2.46. The van der Waals surface area contributed by atoms with E-state index in [1.165, 1.54) is 31.4 Å². The third-order valence-corrected chi connectivity index (χ3v) is 4.43. The Labute approximate surface area is 113 Å². The van der Waals surface area contributed by atoms with Crippen molar-refractivity contribution in [1.29, 1.82) is 0 Å². The van der Waals surface area contributed by atoms with Crippen LogP contribution in [0.5, 0.6) is 0 Å². The number of hydrogen-bond donors (Lipinski definition) is 2. The SMILES string of the molecule is Nc1ccc(NC(C2CC2)C2CC2)c2cnccc12. The molecular weight excluding hydrogens is 234 g/mol. The van der Waals surface area contributed by atoms with E-state index in [1.807, 2.05) is 24.5 Å². The Hall–Kier alpha value is -1.77. The molecule has 4 rings (SSSR count). The van der Waals surface area contributed by atoms with Crippen LogP contribution in [-0.4, -0.2) is 11.0 Å². The summed E-state index contributed by atoms with van der Waals surface area (Å²) in [6, 6.07) is 6.77. The fourth-order valence-corrected chi connectivity index (χ4v) is 3.05. The first-order chi connectivity index (χ1) is 9.33. The summed E-state index contributed by atoms with van der Waals surface area (Å²) < 4.78 is 0. The molecule has 3 heteroatoms. The second-order valence-electron chi connectivity index (χ2n) is 5.97. The monoisotopic (exact) mass is 253 g/mol. The Morgan fingerprint density at radius 2 is 1.79 bits per heavy atom. The van der Waals surface area contributed by atoms with Gasteiger partial charge in [-0.1, -0.05) is 0 Å². The maximum absolute atomic E-state index is 6.04. The molecule has 2 aliphatic rings. The van der Waals surface area contributed by atoms with Crippen LogP contribution in [0.3, 0.4) is 0 Å². The van der Waals surface area contributed by atoms with Crippen LogP contribution in [0.1, 0.15) is 25.7 Å². The first kappa shape index (κ1) is 11.1. The van der Waals surface area contributed by atoms with Crippen LogP contribution >= 0.6 is 0 Å². The molecule has 0 atom stereocenters. The quantitative estimate of drug-likeness (QED) is 0.821. The number of nitrogens with two attached hydrogens (primary N) is 1. The first-order valence-electron chi connectivity index (χ1n) is 7.21. The van der Waals surface area contributed by atoms with Crippen LogP contribution in [0.15, 0.2) is 30.6 Å². The van der Waals surface area contributed by atoms with Gasteiger partial charge in [-0.25, -0.2) is 0 Å². The molecule has 0 unspecified atom stereocenters. The van der Waals surface area contributed by atoms with Gasteiger partial charge >= 0.3 is 0 Å². The number of hydrogen-bond acceptors (Lipinski definition) is 3. The fourth-order valence-electron chi connectivity index (χ4n) is 3.05. The van der Waals surface area contributed by atoms with Gasteiger partial charge in [0.25, 0.3) is 0 Å². The molecule has 98 valence electrons. The normalized spacial score (nSPS) is 19.0. The second-order valence-corrected chi connectivity index (χ2v) is 5.97. The zero-order valence-corrected chi connectivity index (χ0v) is 11.0. The fraction of sp³-hybridized carbons (Fsp3) is 0.438. The Bertz CT molecular complexity index is 602. The summed E-state index contributed by atoms with van der Waals surface area (Å²) in [7, 11) is 0. The Balaban J connectivity index is 1.72. The predicted molar refractivity (Wildman–Crippen MR) is 79.0 cm³/mol. The largest absolute Gasteiger partial charge is 0.398 e. The van der Waals surface area contributed by atoms with Crippen molar-refractivity contribution in [1.82, 2.24) is 4.98 Å². The third-order valence-electron chi connectivity index (χ3n) is 4.43. The van der Waals surface area contributed by atoms with E-state index in [0.717, 1.165) is 28.3 Å². The Morgan fingerprint density at radius 1 is 1.05 bits per heavy atom. The molecule has 2 aromatic rings. The molecule has 0 amide bonds. The highest BCUT2D eigenvalue weighted by atomic mass is 15.0. The summed E-state index contributed by atoms with van der Waals surface area (Å²) in [6.07, 6.45) is 9.28. The molecule has 3 N–H and O–H groups in total. The van der Waals surface area contributed by atoms with E-state index in [4.69, 9.17) is 5.73 Å². The molecule has 2 saturated carbocycles. The van der Waals surface area contributed by atoms with Crippen LogP contribution in [0, 0.1) is 11.8 Å². The summed E-state index contributed by atoms with van der Waals surface area (Å²) in [5.74, 6) is 1.77. The average Bonchev–Trinajstić information content (AvgIpc) is 3.30. The smallest absolute Gasteiger partial charge is 0.0439 e. The summed E-state index contributed by atoms with van der Waals surface area (Å²) >= 11 is 0. The topological polar surface area (TPSA) is 50.9 Å². The lowest BCUT2D eigenvalue weighted by Crippen LogP contribution is -2.24. The number of benzene rings is 1. The van der Waals surface area contributed by atoms with Crippen LogP contribution in [0.25, 0.3) is 10.8 Å². The van der Waals surface area contributed by atoms with Gasteiger partial charge in [0.15, 0.2) is 0 Å². The summed E-state index contributed by atoms with van der Waals surface area (Å²) in [6.45, 7) is 0. The Morgan fingerprint density at radius 3 is 2.47 bits per heavy atom. The van der Waals surface area contributed by atoms with Crippen molar-refractivity contribution < 1.29 is 0 Å². The van der Waals surface area contributed by atoms with Gasteiger partial charge in [-0.15, -0.1) is 0 Å². The zero-order valence-electron chi connectivity index (χ0n) is 11.0. The van der Waals surface area contributed by atoms with Gasteiger partial charge < -0.3 is 11.1 Å². The number of nitrogen functional groups attached to an aromatic ring is 1. The average molecular weight is 253 g/mol. The van der Waals surface area contributed by atoms with Crippen molar-refractivity contribution in [2.45, 2.75) is 31.7 Å². The van der Waals surface area contributed by atoms with Gasteiger partial charge in [-0.3, -0.25) is 4.98 Å². The third kappa shape index (κ3) is 2.03. The van der Waals surface area contributed by atoms with Gasteiger partial charge in [0.1, 0.15) is 0 Å². The number of nitrogens with zero attached hydrogens (tertiary/aromatic N) is 1. The highest BCUT2D eigenvalue weighted by Gasteiger charge is 2.41. The first-order valence-corrected chi connectivity index (χ1v) is 7.21. The molecule has 0 bridgehead atoms. The standard InChI is InChI=1S/C16H19N3/c17-14-5-6-15(13-9-18-8-7-12(13)14)19-16(10-1-2-10)11-3-4-11/h5-11,16,19H,1-4,17H2. The van der Waals surface area contributed by atoms with E-state index in [1.54, 1.807) is 0 Å². The van der Waals surface area contributed by atoms with Crippen molar-refractivity contribution in [2.24, 2.45) is 11.8 Å². The number of aromatic nitrogens is 1. The van der Waals surface area contributed by atoms with Crippen LogP contribution in [0.2, 0.25) is 0 Å². The minimum atomic E-state index is 0.659. The predicted octanol–water partition coefficient (Wildman–Crippen LogP) is 3.42. The molecule has 0 aliphatic heterocycles. The molecule has 0 spiro atoms. The van der Waals surface area contributed by atoms with Crippen molar-refractivity contribution in [2.75, 3.05) is 11.1 Å². The molecule has 2 fully saturated rings. The lowest BCUT2D eigenvalue weighted by molar-refractivity contribution is 0.568. The number of pyridine rings is 1. The molecule has 0 radical (unpaired) electrons. The minimum absolute atomic E-state index is 0.659. The van der Waals surface area contributed by atoms with E-state index < -0.39 is 0 Å². The van der Waals surface area contributed by atoms with Crippen molar-refractivity contribution >= 4 is 22.1 Å². The van der Waals surface area contributed by atoms with Gasteiger partial charge in [0.05, 0.1) is 0 Å². The molecule has 0 saturated heterocycles. The summed E-state index contributed by atoms with van der Waals surface area (Å²) in [4.78, 5) is 4.25. The van der Waals surface area contributed by atoms with Crippen molar-refractivity contribution in [3.63, 3.8) is 0 Å². The van der Waals surface area contributed by atoms with E-state index in [0.29, 0.717) is 6.04 Å². The highest BCUT2D eigenvalue weighted by molar-refractivity contribution is 6.00. The molecule has 1 aromatic carbocycles. The Kier molecular flexibility index (Phi) is 2.40. The number of fused-ring (bicyclic) bond motifs is 1. The minimum Gasteiger partial charge on any atom is -0.398 e. The van der Waals surface area contributed by atoms with Crippen LogP contribution < -0.4 is 11.1 Å². The zero-order chi connectivity index (χ0) is 12.8. The summed E-state index contributed by atoms with van der Waals surface area (Å²) in [5, 5.41) is 6.03. The number of nitrogens with one attached hydrogen (secondary N) is 1. The number of anilines is 2. The molecule has 19 heavy (non-hydrogen) atoms. The van der Waals surface area contributed by atoms with Gasteiger partial charge in [-0.2, -0.15) is 0 Å². The van der Waals surface area contributed by atoms with E-state index in [9.17, 15) is 0 Å². The van der Waals surface area contributed by atoms with Crippen molar-refractivity contribution in [3.8, 4) is 0 Å². The lowest BCUT2D eigenvalue weighted by Gasteiger charge is -2.20. The maximum atomic E-state index is 6.04. The van der Waals surface area contributed by atoms with Crippen molar-refractivity contribution in [3.05, 3.63) is 30.6 Å². The van der Waals surface area contributed by atoms with Gasteiger partial charge in [-0.05, 0) is 55.7 Å². The lowest BCUT2D eigenvalue weighted by atomic mass is 10.0. The van der Waals surface area contributed by atoms with E-state index >= 15 is 0 Å². The molecule has 1 heterocycles. The molecule has 3 nitrogen and oxygen atoms in total. The van der Waals surface area contributed by atoms with Gasteiger partial charge in [0.2, 0.25) is 0 Å². The molecule has 1 aromatic heterocycles. The van der Waals surface area contributed by atoms with E-state index in [-0.39, 0.29) is 0 Å². The maximum Gasteiger partial charge on any atom is 0.0439 e. The van der Waals surface area contributed by atoms with E-state index in [2.05, 4.69) is 16.4 Å². The summed E-state index contributed by atoms with van der Waals surface area (Å²) in [5.41, 5.74) is 8.07. The van der Waals surface area contributed by atoms with Crippen LogP contribution in [-0.2, 0) is 0 Å². The van der Waals surface area contributed by atoms with Crippen LogP contribution in [0.4, 0.5) is 11.4 Å². The molecular formula is C16H19N3.